The Morgan fingerprint density at radius 1 is 1.12 bits per heavy atom. The van der Waals surface area contributed by atoms with Crippen molar-refractivity contribution < 1.29 is 5.11 Å². The molecule has 1 aliphatic heterocycles. The van der Waals surface area contributed by atoms with Gasteiger partial charge >= 0.3 is 0 Å². The molecule has 3 rings (SSSR count). The van der Waals surface area contributed by atoms with Crippen molar-refractivity contribution in [2.24, 2.45) is 0 Å². The number of aryl methyl sites for hydroxylation is 2. The van der Waals surface area contributed by atoms with Crippen molar-refractivity contribution in [3.8, 4) is 0 Å². The van der Waals surface area contributed by atoms with E-state index in [1.807, 2.05) is 39.0 Å². The van der Waals surface area contributed by atoms with Crippen LogP contribution in [0.1, 0.15) is 42.9 Å². The normalized spacial score (nSPS) is 18.2. The third kappa shape index (κ3) is 4.55. The van der Waals surface area contributed by atoms with Gasteiger partial charge in [-0.1, -0.05) is 30.3 Å². The molecule has 5 heteroatoms. The second-order valence-corrected chi connectivity index (χ2v) is 6.97. The molecule has 0 saturated carbocycles. The number of aliphatic hydroxyl groups excluding tert-OH is 1. The van der Waals surface area contributed by atoms with Gasteiger partial charge in [-0.05, 0) is 39.2 Å². The van der Waals surface area contributed by atoms with Gasteiger partial charge in [-0.2, -0.15) is 0 Å². The van der Waals surface area contributed by atoms with Crippen LogP contribution in [0.5, 0.6) is 0 Å². The molecule has 1 aromatic heterocycles. The van der Waals surface area contributed by atoms with Crippen molar-refractivity contribution in [2.75, 3.05) is 18.0 Å². The summed E-state index contributed by atoms with van der Waals surface area (Å²) in [4.78, 5) is 11.3. The predicted octanol–water partition coefficient (Wildman–Crippen LogP) is 2.77. The van der Waals surface area contributed by atoms with Crippen LogP contribution >= 0.6 is 0 Å². The number of benzene rings is 1. The van der Waals surface area contributed by atoms with Gasteiger partial charge in [0.2, 0.25) is 0 Å². The lowest BCUT2D eigenvalue weighted by molar-refractivity contribution is 0.134. The summed E-state index contributed by atoms with van der Waals surface area (Å²) >= 11 is 0. The highest BCUT2D eigenvalue weighted by Gasteiger charge is 2.25. The molecule has 1 aliphatic rings. The average Bonchev–Trinajstić information content (AvgIpc) is 2.60. The fourth-order valence-electron chi connectivity index (χ4n) is 3.56. The lowest BCUT2D eigenvalue weighted by atomic mass is 9.98. The molecule has 1 aromatic carbocycles. The van der Waals surface area contributed by atoms with Crippen molar-refractivity contribution in [3.05, 3.63) is 53.5 Å². The minimum atomic E-state index is -0.424. The molecule has 2 heterocycles. The molecule has 0 aliphatic carbocycles. The van der Waals surface area contributed by atoms with E-state index in [1.54, 1.807) is 0 Å². The van der Waals surface area contributed by atoms with Crippen molar-refractivity contribution in [1.29, 1.82) is 0 Å². The first-order valence-electron chi connectivity index (χ1n) is 9.09. The molecule has 25 heavy (non-hydrogen) atoms. The lowest BCUT2D eigenvalue weighted by Crippen LogP contribution is -2.46. The van der Waals surface area contributed by atoms with Crippen LogP contribution in [0, 0.1) is 13.8 Å². The van der Waals surface area contributed by atoms with Crippen LogP contribution in [0.2, 0.25) is 0 Å². The van der Waals surface area contributed by atoms with Gasteiger partial charge in [0.05, 0.1) is 12.1 Å². The average molecular weight is 340 g/mol. The third-order valence-electron chi connectivity index (χ3n) is 4.83. The van der Waals surface area contributed by atoms with Gasteiger partial charge < -0.3 is 15.3 Å². The standard InChI is InChI=1S/C20H28N4O/c1-14-13-19(22-16(3)21-14)24-11-9-18(10-12-24)23-20(15(2)25)17-7-5-4-6-8-17/h4-8,13,15,18,20,23,25H,9-12H2,1-3H3. The number of nitrogens with zero attached hydrogens (tertiary/aromatic N) is 3. The zero-order chi connectivity index (χ0) is 17.8. The number of anilines is 1. The van der Waals surface area contributed by atoms with Crippen molar-refractivity contribution in [2.45, 2.75) is 51.8 Å². The smallest absolute Gasteiger partial charge is 0.132 e. The summed E-state index contributed by atoms with van der Waals surface area (Å²) in [5.74, 6) is 1.85. The molecule has 2 aromatic rings. The highest BCUT2D eigenvalue weighted by Crippen LogP contribution is 2.23. The Labute approximate surface area is 150 Å². The van der Waals surface area contributed by atoms with E-state index >= 15 is 0 Å². The first-order valence-corrected chi connectivity index (χ1v) is 9.09. The zero-order valence-electron chi connectivity index (χ0n) is 15.3. The van der Waals surface area contributed by atoms with E-state index in [9.17, 15) is 5.11 Å². The van der Waals surface area contributed by atoms with E-state index in [0.29, 0.717) is 6.04 Å². The number of hydrogen-bond donors (Lipinski definition) is 2. The number of rotatable bonds is 5. The molecular weight excluding hydrogens is 312 g/mol. The summed E-state index contributed by atoms with van der Waals surface area (Å²) in [6.45, 7) is 7.74. The molecule has 2 unspecified atom stereocenters. The zero-order valence-corrected chi connectivity index (χ0v) is 15.3. The monoisotopic (exact) mass is 340 g/mol. The van der Waals surface area contributed by atoms with E-state index in [0.717, 1.165) is 48.8 Å². The third-order valence-corrected chi connectivity index (χ3v) is 4.83. The van der Waals surface area contributed by atoms with Gasteiger partial charge in [0.25, 0.3) is 0 Å². The van der Waals surface area contributed by atoms with Crippen molar-refractivity contribution in [3.63, 3.8) is 0 Å². The summed E-state index contributed by atoms with van der Waals surface area (Å²) in [7, 11) is 0. The molecule has 0 radical (unpaired) electrons. The summed E-state index contributed by atoms with van der Waals surface area (Å²) in [6, 6.07) is 12.6. The Kier molecular flexibility index (Phi) is 5.66. The summed E-state index contributed by atoms with van der Waals surface area (Å²) in [6.07, 6.45) is 1.66. The first-order chi connectivity index (χ1) is 12.0. The molecule has 134 valence electrons. The quantitative estimate of drug-likeness (QED) is 0.876. The molecular formula is C20H28N4O. The Morgan fingerprint density at radius 2 is 1.80 bits per heavy atom. The Balaban J connectivity index is 1.61. The van der Waals surface area contributed by atoms with Crippen LogP contribution in [0.15, 0.2) is 36.4 Å². The molecule has 1 fully saturated rings. The second-order valence-electron chi connectivity index (χ2n) is 6.97. The van der Waals surface area contributed by atoms with Crippen LogP contribution in [0.25, 0.3) is 0 Å². The topological polar surface area (TPSA) is 61.3 Å². The van der Waals surface area contributed by atoms with Crippen LogP contribution in [-0.4, -0.2) is 40.3 Å². The molecule has 2 N–H and O–H groups in total. The molecule has 0 spiro atoms. The minimum Gasteiger partial charge on any atom is -0.391 e. The Bertz CT molecular complexity index is 661. The lowest BCUT2D eigenvalue weighted by Gasteiger charge is -2.36. The molecule has 1 saturated heterocycles. The maximum Gasteiger partial charge on any atom is 0.132 e. The van der Waals surface area contributed by atoms with Gasteiger partial charge in [0.1, 0.15) is 11.6 Å². The molecule has 0 amide bonds. The van der Waals surface area contributed by atoms with Crippen LogP contribution < -0.4 is 10.2 Å². The Morgan fingerprint density at radius 3 is 2.40 bits per heavy atom. The number of aliphatic hydroxyl groups is 1. The summed E-state index contributed by atoms with van der Waals surface area (Å²) in [5.41, 5.74) is 2.16. The van der Waals surface area contributed by atoms with E-state index in [4.69, 9.17) is 0 Å². The van der Waals surface area contributed by atoms with E-state index < -0.39 is 6.10 Å². The molecule has 2 atom stereocenters. The number of nitrogens with one attached hydrogen (secondary N) is 1. The van der Waals surface area contributed by atoms with Crippen LogP contribution in [-0.2, 0) is 0 Å². The number of aromatic nitrogens is 2. The van der Waals surface area contributed by atoms with Gasteiger partial charge in [-0.3, -0.25) is 0 Å². The minimum absolute atomic E-state index is 0.0266. The maximum atomic E-state index is 10.2. The van der Waals surface area contributed by atoms with Gasteiger partial charge in [-0.25, -0.2) is 9.97 Å². The van der Waals surface area contributed by atoms with Crippen molar-refractivity contribution in [1.82, 2.24) is 15.3 Å². The van der Waals surface area contributed by atoms with E-state index in [1.165, 1.54) is 0 Å². The molecule has 0 bridgehead atoms. The second kappa shape index (κ2) is 7.93. The Hall–Kier alpha value is -1.98. The number of piperidine rings is 1. The summed E-state index contributed by atoms with van der Waals surface area (Å²) < 4.78 is 0. The van der Waals surface area contributed by atoms with Gasteiger partial charge in [0, 0.05) is 30.9 Å². The summed E-state index contributed by atoms with van der Waals surface area (Å²) in [5, 5.41) is 13.9. The fraction of sp³-hybridized carbons (Fsp3) is 0.500. The highest BCUT2D eigenvalue weighted by molar-refractivity contribution is 5.40. The number of hydrogen-bond acceptors (Lipinski definition) is 5. The van der Waals surface area contributed by atoms with E-state index in [2.05, 4.69) is 38.4 Å². The predicted molar refractivity (Wildman–Crippen MR) is 101 cm³/mol. The highest BCUT2D eigenvalue weighted by atomic mass is 16.3. The van der Waals surface area contributed by atoms with Gasteiger partial charge in [0.15, 0.2) is 0 Å². The first kappa shape index (κ1) is 17.8. The maximum absolute atomic E-state index is 10.2. The van der Waals surface area contributed by atoms with Crippen LogP contribution in [0.3, 0.4) is 0 Å². The van der Waals surface area contributed by atoms with E-state index in [-0.39, 0.29) is 6.04 Å². The van der Waals surface area contributed by atoms with Gasteiger partial charge in [-0.15, -0.1) is 0 Å². The SMILES string of the molecule is Cc1cc(N2CCC(NC(c3ccccc3)C(C)O)CC2)nc(C)n1. The fourth-order valence-corrected chi connectivity index (χ4v) is 3.56. The largest absolute Gasteiger partial charge is 0.391 e. The van der Waals surface area contributed by atoms with Crippen molar-refractivity contribution >= 4 is 5.82 Å². The molecule has 5 nitrogen and oxygen atoms in total. The van der Waals surface area contributed by atoms with Crippen LogP contribution in [0.4, 0.5) is 5.82 Å².